The molecule has 1 aliphatic heterocycles. The monoisotopic (exact) mass is 348 g/mol. The zero-order valence-corrected chi connectivity index (χ0v) is 13.8. The Morgan fingerprint density at radius 1 is 1.23 bits per heavy atom. The molecule has 3 N–H and O–H groups in total. The molecule has 22 heavy (non-hydrogen) atoms. The van der Waals surface area contributed by atoms with Crippen LogP contribution < -0.4 is 19.9 Å². The number of ether oxygens (including phenoxy) is 2. The van der Waals surface area contributed by atoms with Crippen LogP contribution in [0.1, 0.15) is 25.7 Å². The number of nitrogens with two attached hydrogens (primary N) is 1. The highest BCUT2D eigenvalue weighted by molar-refractivity contribution is 7.89. The van der Waals surface area contributed by atoms with Crippen molar-refractivity contribution in [1.82, 2.24) is 4.72 Å². The molecule has 0 spiro atoms. The van der Waals surface area contributed by atoms with Crippen molar-refractivity contribution in [3.63, 3.8) is 0 Å². The Labute approximate surface area is 136 Å². The summed E-state index contributed by atoms with van der Waals surface area (Å²) in [6.07, 6.45) is 4.36. The van der Waals surface area contributed by atoms with Gasteiger partial charge in [0.05, 0.1) is 4.90 Å². The molecule has 1 fully saturated rings. The van der Waals surface area contributed by atoms with Crippen LogP contribution in [0.25, 0.3) is 0 Å². The van der Waals surface area contributed by atoms with E-state index in [1.54, 1.807) is 6.07 Å². The van der Waals surface area contributed by atoms with Gasteiger partial charge in [0.15, 0.2) is 11.5 Å². The van der Waals surface area contributed by atoms with Crippen LogP contribution in [0.2, 0.25) is 0 Å². The Hall–Kier alpha value is -1.02. The maximum Gasteiger partial charge on any atom is 0.241 e. The predicted octanol–water partition coefficient (Wildman–Crippen LogP) is 1.63. The summed E-state index contributed by atoms with van der Waals surface area (Å²) in [4.78, 5) is 0.184. The van der Waals surface area contributed by atoms with Crippen LogP contribution >= 0.6 is 12.4 Å². The lowest BCUT2D eigenvalue weighted by molar-refractivity contribution is 0.174. The lowest BCUT2D eigenvalue weighted by Gasteiger charge is -2.23. The van der Waals surface area contributed by atoms with Crippen molar-refractivity contribution in [3.05, 3.63) is 18.2 Å². The Kier molecular flexibility index (Phi) is 5.55. The van der Waals surface area contributed by atoms with E-state index in [9.17, 15) is 8.42 Å². The first kappa shape index (κ1) is 17.3. The number of halogens is 1. The van der Waals surface area contributed by atoms with E-state index in [4.69, 9.17) is 15.2 Å². The first-order valence-corrected chi connectivity index (χ1v) is 8.70. The summed E-state index contributed by atoms with van der Waals surface area (Å²) in [5.41, 5.74) is 5.76. The summed E-state index contributed by atoms with van der Waals surface area (Å²) >= 11 is 0. The summed E-state index contributed by atoms with van der Waals surface area (Å²) in [5.74, 6) is 1.36. The van der Waals surface area contributed by atoms with E-state index in [1.165, 1.54) is 12.1 Å². The van der Waals surface area contributed by atoms with E-state index in [-0.39, 0.29) is 30.1 Å². The van der Waals surface area contributed by atoms with Gasteiger partial charge in [-0.25, -0.2) is 13.1 Å². The normalized spacial score (nSPS) is 19.0. The highest BCUT2D eigenvalue weighted by Crippen LogP contribution is 2.34. The Morgan fingerprint density at radius 2 is 1.91 bits per heavy atom. The maximum absolute atomic E-state index is 12.5. The maximum atomic E-state index is 12.5. The predicted molar refractivity (Wildman–Crippen MR) is 84.9 cm³/mol. The summed E-state index contributed by atoms with van der Waals surface area (Å²) < 4.78 is 38.2. The van der Waals surface area contributed by atoms with Gasteiger partial charge in [0.25, 0.3) is 0 Å². The largest absolute Gasteiger partial charge is 0.454 e. The number of hydrogen-bond acceptors (Lipinski definition) is 5. The molecule has 124 valence electrons. The van der Waals surface area contributed by atoms with Gasteiger partial charge < -0.3 is 15.2 Å². The SMILES string of the molecule is Cl.NCC(NS(=O)(=O)c1ccc2c(c1)OCO2)C1CCCC1. The van der Waals surface area contributed by atoms with Crippen molar-refractivity contribution < 1.29 is 17.9 Å². The molecule has 3 rings (SSSR count). The average Bonchev–Trinajstić information content (AvgIpc) is 3.14. The van der Waals surface area contributed by atoms with Crippen molar-refractivity contribution >= 4 is 22.4 Å². The van der Waals surface area contributed by atoms with Crippen LogP contribution in [-0.2, 0) is 10.0 Å². The van der Waals surface area contributed by atoms with E-state index in [0.29, 0.717) is 24.0 Å². The Morgan fingerprint density at radius 3 is 2.59 bits per heavy atom. The smallest absolute Gasteiger partial charge is 0.241 e. The second-order valence-electron chi connectivity index (χ2n) is 5.52. The van der Waals surface area contributed by atoms with Crippen LogP contribution in [0, 0.1) is 5.92 Å². The van der Waals surface area contributed by atoms with Gasteiger partial charge in [-0.3, -0.25) is 0 Å². The van der Waals surface area contributed by atoms with E-state index < -0.39 is 10.0 Å². The van der Waals surface area contributed by atoms with Gasteiger partial charge >= 0.3 is 0 Å². The molecule has 1 aromatic rings. The zero-order chi connectivity index (χ0) is 14.9. The molecule has 0 radical (unpaired) electrons. The lowest BCUT2D eigenvalue weighted by atomic mass is 9.99. The minimum atomic E-state index is -3.60. The van der Waals surface area contributed by atoms with E-state index in [2.05, 4.69) is 4.72 Å². The molecule has 1 atom stereocenters. The van der Waals surface area contributed by atoms with E-state index in [0.717, 1.165) is 25.7 Å². The van der Waals surface area contributed by atoms with Crippen LogP contribution in [0.4, 0.5) is 0 Å². The van der Waals surface area contributed by atoms with Gasteiger partial charge in [0.2, 0.25) is 16.8 Å². The second kappa shape index (κ2) is 7.04. The van der Waals surface area contributed by atoms with E-state index in [1.807, 2.05) is 0 Å². The highest BCUT2D eigenvalue weighted by atomic mass is 35.5. The highest BCUT2D eigenvalue weighted by Gasteiger charge is 2.29. The first-order valence-electron chi connectivity index (χ1n) is 7.22. The Balaban J connectivity index is 0.00000176. The molecule has 6 nitrogen and oxygen atoms in total. The second-order valence-corrected chi connectivity index (χ2v) is 7.24. The molecule has 0 saturated heterocycles. The van der Waals surface area contributed by atoms with Crippen molar-refractivity contribution in [1.29, 1.82) is 0 Å². The quantitative estimate of drug-likeness (QED) is 0.844. The molecule has 0 aromatic heterocycles. The van der Waals surface area contributed by atoms with Crippen LogP contribution in [0.5, 0.6) is 11.5 Å². The number of sulfonamides is 1. The van der Waals surface area contributed by atoms with Crippen molar-refractivity contribution in [2.24, 2.45) is 11.7 Å². The molecule has 0 bridgehead atoms. The number of nitrogens with one attached hydrogen (secondary N) is 1. The topological polar surface area (TPSA) is 90.7 Å². The number of hydrogen-bond donors (Lipinski definition) is 2. The van der Waals surface area contributed by atoms with Gasteiger partial charge in [-0.2, -0.15) is 0 Å². The number of benzene rings is 1. The van der Waals surface area contributed by atoms with Crippen LogP contribution in [-0.4, -0.2) is 27.8 Å². The molecule has 1 heterocycles. The molecule has 0 amide bonds. The van der Waals surface area contributed by atoms with Crippen molar-refractivity contribution in [2.75, 3.05) is 13.3 Å². The fourth-order valence-electron chi connectivity index (χ4n) is 3.01. The minimum Gasteiger partial charge on any atom is -0.454 e. The Bertz CT molecular complexity index is 617. The van der Waals surface area contributed by atoms with Crippen LogP contribution in [0.15, 0.2) is 23.1 Å². The summed E-state index contributed by atoms with van der Waals surface area (Å²) in [6, 6.07) is 4.43. The molecule has 1 aromatic carbocycles. The van der Waals surface area contributed by atoms with Crippen molar-refractivity contribution in [3.8, 4) is 11.5 Å². The minimum absolute atomic E-state index is 0. The fraction of sp³-hybridized carbons (Fsp3) is 0.571. The third kappa shape index (κ3) is 3.48. The molecular formula is C14H21ClN2O4S. The first-order chi connectivity index (χ1) is 10.1. The number of rotatable bonds is 5. The molecule has 1 saturated carbocycles. The zero-order valence-electron chi connectivity index (χ0n) is 12.2. The van der Waals surface area contributed by atoms with Gasteiger partial charge in [0.1, 0.15) is 0 Å². The van der Waals surface area contributed by atoms with Crippen LogP contribution in [0.3, 0.4) is 0 Å². The van der Waals surface area contributed by atoms with Gasteiger partial charge in [-0.1, -0.05) is 12.8 Å². The lowest BCUT2D eigenvalue weighted by Crippen LogP contribution is -2.44. The summed E-state index contributed by atoms with van der Waals surface area (Å²) in [5, 5.41) is 0. The molecular weight excluding hydrogens is 328 g/mol. The molecule has 1 unspecified atom stereocenters. The summed E-state index contributed by atoms with van der Waals surface area (Å²) in [7, 11) is -3.60. The average molecular weight is 349 g/mol. The van der Waals surface area contributed by atoms with Gasteiger partial charge in [-0.15, -0.1) is 12.4 Å². The van der Waals surface area contributed by atoms with E-state index >= 15 is 0 Å². The third-order valence-corrected chi connectivity index (χ3v) is 5.67. The molecule has 8 heteroatoms. The van der Waals surface area contributed by atoms with Gasteiger partial charge in [0, 0.05) is 18.7 Å². The third-order valence-electron chi connectivity index (χ3n) is 4.18. The summed E-state index contributed by atoms with van der Waals surface area (Å²) in [6.45, 7) is 0.439. The van der Waals surface area contributed by atoms with Crippen molar-refractivity contribution in [2.45, 2.75) is 36.6 Å². The standard InChI is InChI=1S/C14H20N2O4S.ClH/c15-8-12(10-3-1-2-4-10)16-21(17,18)11-5-6-13-14(7-11)20-9-19-13;/h5-7,10,12,16H,1-4,8-9,15H2;1H. The number of fused-ring (bicyclic) bond motifs is 1. The van der Waals surface area contributed by atoms with Gasteiger partial charge in [-0.05, 0) is 30.9 Å². The molecule has 1 aliphatic carbocycles. The molecule has 2 aliphatic rings. The fourth-order valence-corrected chi connectivity index (χ4v) is 4.34.